The van der Waals surface area contributed by atoms with Crippen LogP contribution < -0.4 is 10.6 Å². The molecule has 0 saturated carbocycles. The van der Waals surface area contributed by atoms with Gasteiger partial charge in [-0.3, -0.25) is 4.79 Å². The fourth-order valence-corrected chi connectivity index (χ4v) is 2.58. The van der Waals surface area contributed by atoms with Gasteiger partial charge in [0.2, 0.25) is 5.91 Å². The molecule has 2 amide bonds. The molecule has 2 N–H and O–H groups in total. The summed E-state index contributed by atoms with van der Waals surface area (Å²) in [5.74, 6) is -1.19. The Bertz CT molecular complexity index is 687. The zero-order valence-corrected chi connectivity index (χ0v) is 17.0. The molecule has 0 fully saturated rings. The second-order valence-corrected chi connectivity index (χ2v) is 6.71. The van der Waals surface area contributed by atoms with Crippen molar-refractivity contribution in [3.63, 3.8) is 0 Å². The molecule has 0 heterocycles. The van der Waals surface area contributed by atoms with Crippen LogP contribution in [0.4, 0.5) is 4.79 Å². The van der Waals surface area contributed by atoms with Crippen molar-refractivity contribution in [1.82, 2.24) is 10.6 Å². The molecule has 1 aromatic rings. The molecule has 0 aliphatic rings. The van der Waals surface area contributed by atoms with Gasteiger partial charge < -0.3 is 20.1 Å². The molecule has 0 spiro atoms. The lowest BCUT2D eigenvalue weighted by Crippen LogP contribution is -2.42. The van der Waals surface area contributed by atoms with Crippen molar-refractivity contribution in [2.45, 2.75) is 51.7 Å². The summed E-state index contributed by atoms with van der Waals surface area (Å²) >= 11 is 0. The molecule has 0 bridgehead atoms. The molecule has 0 aliphatic carbocycles. The van der Waals surface area contributed by atoms with Crippen LogP contribution in [-0.4, -0.2) is 37.7 Å². The number of rotatable bonds is 12. The standard InChI is InChI=1S/C21H29N3O5/c1-16(14-22)13-18(20(26)28-2)24-19(25)11-7-4-8-12-23-21(27)29-15-17-9-5-3-6-10-17/h3,5-6,9-10,16,18H,4,7-8,11-13,15H2,1-2H3,(H,23,27)(H,24,25)/t16-,18-/m1/s1. The molecule has 158 valence electrons. The highest BCUT2D eigenvalue weighted by atomic mass is 16.5. The van der Waals surface area contributed by atoms with E-state index in [0.717, 1.165) is 12.0 Å². The normalized spacial score (nSPS) is 12.2. The number of nitrogens with one attached hydrogen (secondary N) is 2. The number of nitriles is 1. The number of methoxy groups -OCH3 is 1. The monoisotopic (exact) mass is 403 g/mol. The van der Waals surface area contributed by atoms with E-state index in [2.05, 4.69) is 15.4 Å². The number of hydrogen-bond donors (Lipinski definition) is 2. The van der Waals surface area contributed by atoms with E-state index in [4.69, 9.17) is 10.00 Å². The number of esters is 1. The van der Waals surface area contributed by atoms with Gasteiger partial charge in [-0.1, -0.05) is 36.8 Å². The highest BCUT2D eigenvalue weighted by Crippen LogP contribution is 2.08. The molecule has 1 rings (SSSR count). The zero-order chi connectivity index (χ0) is 21.5. The predicted octanol–water partition coefficient (Wildman–Crippen LogP) is 2.68. The van der Waals surface area contributed by atoms with Gasteiger partial charge >= 0.3 is 12.1 Å². The van der Waals surface area contributed by atoms with E-state index in [-0.39, 0.29) is 31.3 Å². The molecule has 0 aromatic heterocycles. The molecule has 2 atom stereocenters. The first-order chi connectivity index (χ1) is 14.0. The SMILES string of the molecule is COC(=O)[C@@H](C[C@@H](C)C#N)NC(=O)CCCCCNC(=O)OCc1ccccc1. The summed E-state index contributed by atoms with van der Waals surface area (Å²) in [5.41, 5.74) is 0.920. The fourth-order valence-electron chi connectivity index (χ4n) is 2.58. The molecule has 0 saturated heterocycles. The lowest BCUT2D eigenvalue weighted by molar-refractivity contribution is -0.145. The largest absolute Gasteiger partial charge is 0.467 e. The number of carbonyl (C=O) groups is 3. The highest BCUT2D eigenvalue weighted by Gasteiger charge is 2.23. The molecular formula is C21H29N3O5. The van der Waals surface area contributed by atoms with Crippen molar-refractivity contribution in [3.8, 4) is 6.07 Å². The third-order valence-corrected chi connectivity index (χ3v) is 4.19. The van der Waals surface area contributed by atoms with E-state index >= 15 is 0 Å². The number of alkyl carbamates (subject to hydrolysis) is 1. The Hall–Kier alpha value is -3.08. The van der Waals surface area contributed by atoms with Crippen molar-refractivity contribution in [1.29, 1.82) is 5.26 Å². The van der Waals surface area contributed by atoms with Crippen LogP contribution in [0.15, 0.2) is 30.3 Å². The Labute approximate surface area is 171 Å². The Balaban J connectivity index is 2.15. The van der Waals surface area contributed by atoms with Gasteiger partial charge in [-0.25, -0.2) is 9.59 Å². The van der Waals surface area contributed by atoms with Crippen LogP contribution in [-0.2, 0) is 25.7 Å². The van der Waals surface area contributed by atoms with E-state index < -0.39 is 18.1 Å². The average molecular weight is 403 g/mol. The number of unbranched alkanes of at least 4 members (excludes halogenated alkanes) is 2. The number of ether oxygens (including phenoxy) is 2. The minimum absolute atomic E-state index is 0.212. The summed E-state index contributed by atoms with van der Waals surface area (Å²) in [6.07, 6.45) is 2.06. The molecule has 8 nitrogen and oxygen atoms in total. The van der Waals surface area contributed by atoms with Crippen molar-refractivity contribution < 1.29 is 23.9 Å². The van der Waals surface area contributed by atoms with Gasteiger partial charge in [0.25, 0.3) is 0 Å². The average Bonchev–Trinajstić information content (AvgIpc) is 2.74. The van der Waals surface area contributed by atoms with Crippen LogP contribution in [0.5, 0.6) is 0 Å². The molecule has 29 heavy (non-hydrogen) atoms. The molecule has 0 unspecified atom stereocenters. The first-order valence-electron chi connectivity index (χ1n) is 9.67. The van der Waals surface area contributed by atoms with Gasteiger partial charge in [-0.05, 0) is 31.7 Å². The Kier molecular flexibility index (Phi) is 11.6. The minimum Gasteiger partial charge on any atom is -0.467 e. The summed E-state index contributed by atoms with van der Waals surface area (Å²) in [6.45, 7) is 2.36. The van der Waals surface area contributed by atoms with Crippen LogP contribution in [0.25, 0.3) is 0 Å². The zero-order valence-electron chi connectivity index (χ0n) is 17.0. The van der Waals surface area contributed by atoms with E-state index in [1.165, 1.54) is 7.11 Å². The van der Waals surface area contributed by atoms with E-state index in [9.17, 15) is 14.4 Å². The fraction of sp³-hybridized carbons (Fsp3) is 0.524. The highest BCUT2D eigenvalue weighted by molar-refractivity contribution is 5.84. The maximum atomic E-state index is 12.0. The summed E-state index contributed by atoms with van der Waals surface area (Å²) in [4.78, 5) is 35.4. The van der Waals surface area contributed by atoms with Gasteiger partial charge in [0.1, 0.15) is 12.6 Å². The maximum Gasteiger partial charge on any atom is 0.407 e. The third kappa shape index (κ3) is 10.7. The predicted molar refractivity (Wildman–Crippen MR) is 106 cm³/mol. The minimum atomic E-state index is -0.816. The molecule has 0 radical (unpaired) electrons. The number of amides is 2. The van der Waals surface area contributed by atoms with Crippen LogP contribution in [0, 0.1) is 17.2 Å². The summed E-state index contributed by atoms with van der Waals surface area (Å²) in [5, 5.41) is 14.2. The molecule has 1 aromatic carbocycles. The third-order valence-electron chi connectivity index (χ3n) is 4.19. The first kappa shape index (κ1) is 24.0. The lowest BCUT2D eigenvalue weighted by atomic mass is 10.0. The second kappa shape index (κ2) is 14.0. The Morgan fingerprint density at radius 1 is 1.14 bits per heavy atom. The quantitative estimate of drug-likeness (QED) is 0.409. The summed E-state index contributed by atoms with van der Waals surface area (Å²) in [6, 6.07) is 10.6. The molecule has 8 heteroatoms. The second-order valence-electron chi connectivity index (χ2n) is 6.71. The van der Waals surface area contributed by atoms with Gasteiger partial charge in [0, 0.05) is 18.9 Å². The summed E-state index contributed by atoms with van der Waals surface area (Å²) in [7, 11) is 1.25. The van der Waals surface area contributed by atoms with Crippen molar-refractivity contribution >= 4 is 18.0 Å². The number of nitrogens with zero attached hydrogens (tertiary/aromatic N) is 1. The maximum absolute atomic E-state index is 12.0. The Morgan fingerprint density at radius 3 is 2.52 bits per heavy atom. The van der Waals surface area contributed by atoms with Crippen molar-refractivity contribution in [2.75, 3.05) is 13.7 Å². The number of carbonyl (C=O) groups excluding carboxylic acids is 3. The number of hydrogen-bond acceptors (Lipinski definition) is 6. The van der Waals surface area contributed by atoms with Gasteiger partial charge in [0.05, 0.1) is 13.2 Å². The van der Waals surface area contributed by atoms with Gasteiger partial charge in [-0.2, -0.15) is 5.26 Å². The van der Waals surface area contributed by atoms with E-state index in [1.807, 2.05) is 36.4 Å². The van der Waals surface area contributed by atoms with E-state index in [0.29, 0.717) is 19.4 Å². The van der Waals surface area contributed by atoms with Crippen LogP contribution >= 0.6 is 0 Å². The van der Waals surface area contributed by atoms with E-state index in [1.54, 1.807) is 6.92 Å². The van der Waals surface area contributed by atoms with Gasteiger partial charge in [-0.15, -0.1) is 0 Å². The topological polar surface area (TPSA) is 118 Å². The van der Waals surface area contributed by atoms with Gasteiger partial charge in [0.15, 0.2) is 0 Å². The number of benzene rings is 1. The summed E-state index contributed by atoms with van der Waals surface area (Å²) < 4.78 is 9.78. The first-order valence-corrected chi connectivity index (χ1v) is 9.67. The molecule has 0 aliphatic heterocycles. The van der Waals surface area contributed by atoms with Crippen LogP contribution in [0.1, 0.15) is 44.6 Å². The Morgan fingerprint density at radius 2 is 1.86 bits per heavy atom. The van der Waals surface area contributed by atoms with Crippen molar-refractivity contribution in [3.05, 3.63) is 35.9 Å². The smallest absolute Gasteiger partial charge is 0.407 e. The van der Waals surface area contributed by atoms with Crippen LogP contribution in [0.3, 0.4) is 0 Å². The molecular weight excluding hydrogens is 374 g/mol. The van der Waals surface area contributed by atoms with Crippen molar-refractivity contribution in [2.24, 2.45) is 5.92 Å². The van der Waals surface area contributed by atoms with Crippen LogP contribution in [0.2, 0.25) is 0 Å². The lowest BCUT2D eigenvalue weighted by Gasteiger charge is -2.17.